The molecule has 0 amide bonds. The van der Waals surface area contributed by atoms with E-state index in [1.807, 2.05) is 24.3 Å². The van der Waals surface area contributed by atoms with Gasteiger partial charge in [0.25, 0.3) is 5.69 Å². The molecule has 7 heteroatoms. The van der Waals surface area contributed by atoms with E-state index >= 15 is 0 Å². The van der Waals surface area contributed by atoms with E-state index in [9.17, 15) is 10.1 Å². The normalized spacial score (nSPS) is 10.7. The molecule has 7 nitrogen and oxygen atoms in total. The Morgan fingerprint density at radius 3 is 2.31 bits per heavy atom. The van der Waals surface area contributed by atoms with Crippen molar-refractivity contribution in [1.29, 1.82) is 0 Å². The molecule has 2 N–H and O–H groups in total. The summed E-state index contributed by atoms with van der Waals surface area (Å²) in [5, 5.41) is 11.3. The number of rotatable bonds is 9. The molecule has 0 aromatic heterocycles. The third-order valence-corrected chi connectivity index (χ3v) is 4.21. The lowest BCUT2D eigenvalue weighted by Crippen LogP contribution is -2.31. The number of nitrogens with zero attached hydrogens (tertiary/aromatic N) is 2. The molecule has 0 aliphatic heterocycles. The van der Waals surface area contributed by atoms with E-state index < -0.39 is 0 Å². The van der Waals surface area contributed by atoms with Gasteiger partial charge >= 0.3 is 0 Å². The van der Waals surface area contributed by atoms with E-state index in [1.165, 1.54) is 0 Å². The summed E-state index contributed by atoms with van der Waals surface area (Å²) >= 11 is 0. The Balaban J connectivity index is 2.52. The number of hydrogen-bond donors (Lipinski definition) is 1. The smallest absolute Gasteiger partial charge is 0.272 e. The van der Waals surface area contributed by atoms with Crippen molar-refractivity contribution in [3.8, 4) is 11.1 Å². The van der Waals surface area contributed by atoms with Crippen LogP contribution >= 0.6 is 0 Å². The van der Waals surface area contributed by atoms with Gasteiger partial charge in [0.05, 0.1) is 18.1 Å². The first-order valence-electron chi connectivity index (χ1n) is 8.35. The second-order valence-corrected chi connectivity index (χ2v) is 6.01. The van der Waals surface area contributed by atoms with Gasteiger partial charge in [0.2, 0.25) is 0 Å². The van der Waals surface area contributed by atoms with Gasteiger partial charge in [-0.2, -0.15) is 0 Å². The number of hydrogen-bond acceptors (Lipinski definition) is 6. The van der Waals surface area contributed by atoms with Crippen LogP contribution in [0.5, 0.6) is 0 Å². The minimum Gasteiger partial charge on any atom is -0.399 e. The molecule has 0 aliphatic rings. The van der Waals surface area contributed by atoms with E-state index in [0.717, 1.165) is 16.8 Å². The number of nitrogens with two attached hydrogens (primary N) is 1. The Morgan fingerprint density at radius 1 is 1.08 bits per heavy atom. The summed E-state index contributed by atoms with van der Waals surface area (Å²) in [6.45, 7) is 4.18. The van der Waals surface area contributed by atoms with Gasteiger partial charge in [-0.1, -0.05) is 12.1 Å². The summed E-state index contributed by atoms with van der Waals surface area (Å²) in [5.41, 5.74) is 9.85. The summed E-state index contributed by atoms with van der Waals surface area (Å²) in [5.74, 6) is 0. The summed E-state index contributed by atoms with van der Waals surface area (Å²) in [6, 6.07) is 10.8. The highest BCUT2D eigenvalue weighted by molar-refractivity contribution is 5.82. The van der Waals surface area contributed by atoms with Crippen LogP contribution in [0.2, 0.25) is 0 Å². The molecule has 26 heavy (non-hydrogen) atoms. The van der Waals surface area contributed by atoms with Gasteiger partial charge in [-0.25, -0.2) is 0 Å². The van der Waals surface area contributed by atoms with Gasteiger partial charge in [0, 0.05) is 55.9 Å². The average Bonchev–Trinajstić information content (AvgIpc) is 2.62. The minimum atomic E-state index is -0.363. The number of methoxy groups -OCH3 is 2. The minimum absolute atomic E-state index is 0.0937. The quantitative estimate of drug-likeness (QED) is 0.420. The molecule has 140 valence electrons. The SMILES string of the molecule is COCCN(CCOC)c1ccc(N)cc1-c1ccc(C)c([N+](=O)[O-])c1. The molecular weight excluding hydrogens is 334 g/mol. The number of nitro benzene ring substituents is 1. The molecule has 0 bridgehead atoms. The van der Waals surface area contributed by atoms with Crippen molar-refractivity contribution in [3.05, 3.63) is 52.1 Å². The lowest BCUT2D eigenvalue weighted by molar-refractivity contribution is -0.385. The second-order valence-electron chi connectivity index (χ2n) is 6.01. The lowest BCUT2D eigenvalue weighted by Gasteiger charge is -2.27. The number of nitro groups is 1. The van der Waals surface area contributed by atoms with Gasteiger partial charge < -0.3 is 20.1 Å². The molecule has 0 spiro atoms. The van der Waals surface area contributed by atoms with Gasteiger partial charge in [-0.15, -0.1) is 0 Å². The average molecular weight is 359 g/mol. The van der Waals surface area contributed by atoms with Crippen LogP contribution in [-0.4, -0.2) is 45.4 Å². The summed E-state index contributed by atoms with van der Waals surface area (Å²) in [6.07, 6.45) is 0. The molecule has 0 saturated heterocycles. The van der Waals surface area contributed by atoms with E-state index in [1.54, 1.807) is 33.3 Å². The maximum Gasteiger partial charge on any atom is 0.272 e. The monoisotopic (exact) mass is 359 g/mol. The Bertz CT molecular complexity index is 756. The first kappa shape index (κ1) is 19.7. The van der Waals surface area contributed by atoms with E-state index in [2.05, 4.69) is 4.90 Å². The van der Waals surface area contributed by atoms with Crippen molar-refractivity contribution >= 4 is 17.1 Å². The Morgan fingerprint density at radius 2 is 1.73 bits per heavy atom. The Kier molecular flexibility index (Phi) is 6.94. The Labute approximate surface area is 153 Å². The van der Waals surface area contributed by atoms with Crippen molar-refractivity contribution < 1.29 is 14.4 Å². The molecule has 0 saturated carbocycles. The zero-order chi connectivity index (χ0) is 19.1. The highest BCUT2D eigenvalue weighted by atomic mass is 16.6. The third-order valence-electron chi connectivity index (χ3n) is 4.21. The van der Waals surface area contributed by atoms with Crippen LogP contribution in [0.25, 0.3) is 11.1 Å². The van der Waals surface area contributed by atoms with Crippen LogP contribution in [0.4, 0.5) is 17.1 Å². The van der Waals surface area contributed by atoms with Gasteiger partial charge in [0.15, 0.2) is 0 Å². The molecule has 0 heterocycles. The maximum absolute atomic E-state index is 11.3. The number of benzene rings is 2. The fraction of sp³-hybridized carbons (Fsp3) is 0.368. The van der Waals surface area contributed by atoms with Crippen LogP contribution < -0.4 is 10.6 Å². The number of anilines is 2. The second kappa shape index (κ2) is 9.17. The van der Waals surface area contributed by atoms with Crippen LogP contribution in [0.1, 0.15) is 5.56 Å². The molecule has 2 aromatic rings. The zero-order valence-electron chi connectivity index (χ0n) is 15.4. The number of aryl methyl sites for hydroxylation is 1. The van der Waals surface area contributed by atoms with Crippen molar-refractivity contribution in [2.24, 2.45) is 0 Å². The molecule has 2 aromatic carbocycles. The maximum atomic E-state index is 11.3. The molecule has 0 unspecified atom stereocenters. The largest absolute Gasteiger partial charge is 0.399 e. The topological polar surface area (TPSA) is 90.9 Å². The number of nitrogen functional groups attached to an aromatic ring is 1. The zero-order valence-corrected chi connectivity index (χ0v) is 15.4. The predicted molar refractivity (Wildman–Crippen MR) is 104 cm³/mol. The van der Waals surface area contributed by atoms with Crippen LogP contribution in [-0.2, 0) is 9.47 Å². The molecular formula is C19H25N3O4. The molecule has 0 radical (unpaired) electrons. The van der Waals surface area contributed by atoms with Crippen LogP contribution in [0.15, 0.2) is 36.4 Å². The van der Waals surface area contributed by atoms with E-state index in [-0.39, 0.29) is 10.6 Å². The molecule has 0 atom stereocenters. The third kappa shape index (κ3) is 4.71. The van der Waals surface area contributed by atoms with E-state index in [4.69, 9.17) is 15.2 Å². The van der Waals surface area contributed by atoms with Gasteiger partial charge in [-0.3, -0.25) is 10.1 Å². The van der Waals surface area contributed by atoms with Crippen molar-refractivity contribution in [2.45, 2.75) is 6.92 Å². The molecule has 2 rings (SSSR count). The highest BCUT2D eigenvalue weighted by Crippen LogP contribution is 2.35. The van der Waals surface area contributed by atoms with Crippen LogP contribution in [0, 0.1) is 17.0 Å². The molecule has 0 fully saturated rings. The highest BCUT2D eigenvalue weighted by Gasteiger charge is 2.17. The van der Waals surface area contributed by atoms with E-state index in [0.29, 0.717) is 37.6 Å². The van der Waals surface area contributed by atoms with Crippen molar-refractivity contribution in [3.63, 3.8) is 0 Å². The van der Waals surface area contributed by atoms with Crippen molar-refractivity contribution in [2.75, 3.05) is 51.2 Å². The molecule has 0 aliphatic carbocycles. The summed E-state index contributed by atoms with van der Waals surface area (Å²) < 4.78 is 10.4. The Hall–Kier alpha value is -2.64. The predicted octanol–water partition coefficient (Wildman–Crippen LogP) is 3.25. The van der Waals surface area contributed by atoms with Gasteiger partial charge in [-0.05, 0) is 30.7 Å². The van der Waals surface area contributed by atoms with Crippen molar-refractivity contribution in [1.82, 2.24) is 0 Å². The van der Waals surface area contributed by atoms with Gasteiger partial charge in [0.1, 0.15) is 0 Å². The first-order valence-corrected chi connectivity index (χ1v) is 8.35. The number of ether oxygens (including phenoxy) is 2. The fourth-order valence-corrected chi connectivity index (χ4v) is 2.79. The standard InChI is InChI=1S/C19H25N3O4/c1-14-4-5-15(12-19(14)22(23)24)17-13-16(20)6-7-18(17)21(8-10-25-2)9-11-26-3/h4-7,12-13H,8-11,20H2,1-3H3. The summed E-state index contributed by atoms with van der Waals surface area (Å²) in [4.78, 5) is 13.1. The lowest BCUT2D eigenvalue weighted by atomic mass is 9.99. The van der Waals surface area contributed by atoms with Crippen LogP contribution in [0.3, 0.4) is 0 Å². The fourth-order valence-electron chi connectivity index (χ4n) is 2.79. The summed E-state index contributed by atoms with van der Waals surface area (Å²) in [7, 11) is 3.31. The first-order chi connectivity index (χ1) is 12.5.